The monoisotopic (exact) mass is 362 g/mol. The second-order valence-corrected chi connectivity index (χ2v) is 9.52. The SMILES string of the molecule is O=C(Cn1nnc2ccccc21)N1CC(S(=O)(=O)C2CCCCC2)C1. The molecule has 2 heterocycles. The van der Waals surface area contributed by atoms with Crippen molar-refractivity contribution in [3.05, 3.63) is 24.3 Å². The van der Waals surface area contributed by atoms with Gasteiger partial charge in [0.15, 0.2) is 9.84 Å². The van der Waals surface area contributed by atoms with Crippen LogP contribution in [-0.4, -0.2) is 57.8 Å². The number of carbonyl (C=O) groups excluding carboxylic acids is 1. The number of benzene rings is 1. The van der Waals surface area contributed by atoms with Crippen LogP contribution in [0.1, 0.15) is 32.1 Å². The summed E-state index contributed by atoms with van der Waals surface area (Å²) in [7, 11) is -3.12. The van der Waals surface area contributed by atoms with E-state index in [1.54, 1.807) is 9.58 Å². The van der Waals surface area contributed by atoms with E-state index in [-0.39, 0.29) is 17.7 Å². The molecule has 1 aliphatic carbocycles. The molecule has 0 radical (unpaired) electrons. The van der Waals surface area contributed by atoms with Gasteiger partial charge in [-0.25, -0.2) is 13.1 Å². The zero-order chi connectivity index (χ0) is 17.4. The minimum Gasteiger partial charge on any atom is -0.338 e. The van der Waals surface area contributed by atoms with Crippen LogP contribution in [0.15, 0.2) is 24.3 Å². The van der Waals surface area contributed by atoms with Gasteiger partial charge in [-0.1, -0.05) is 36.6 Å². The molecule has 134 valence electrons. The number of hydrogen-bond acceptors (Lipinski definition) is 5. The summed E-state index contributed by atoms with van der Waals surface area (Å²) in [6.45, 7) is 0.714. The summed E-state index contributed by atoms with van der Waals surface area (Å²) in [5.41, 5.74) is 1.56. The van der Waals surface area contributed by atoms with Gasteiger partial charge in [0.1, 0.15) is 12.1 Å². The normalized spacial score (nSPS) is 19.9. The Labute approximate surface area is 146 Å². The maximum absolute atomic E-state index is 12.7. The lowest BCUT2D eigenvalue weighted by Crippen LogP contribution is -2.59. The maximum Gasteiger partial charge on any atom is 0.244 e. The molecule has 2 aromatic rings. The highest BCUT2D eigenvalue weighted by molar-refractivity contribution is 7.92. The molecule has 4 rings (SSSR count). The lowest BCUT2D eigenvalue weighted by atomic mass is 10.0. The molecule has 0 unspecified atom stereocenters. The van der Waals surface area contributed by atoms with E-state index in [2.05, 4.69) is 10.3 Å². The Balaban J connectivity index is 1.38. The van der Waals surface area contributed by atoms with Crippen LogP contribution in [0.4, 0.5) is 0 Å². The topological polar surface area (TPSA) is 85.2 Å². The smallest absolute Gasteiger partial charge is 0.244 e. The van der Waals surface area contributed by atoms with Gasteiger partial charge in [-0.2, -0.15) is 0 Å². The van der Waals surface area contributed by atoms with Crippen LogP contribution in [0, 0.1) is 0 Å². The predicted octanol–water partition coefficient (Wildman–Crippen LogP) is 1.39. The second-order valence-electron chi connectivity index (χ2n) is 7.01. The number of nitrogens with zero attached hydrogens (tertiary/aromatic N) is 4. The van der Waals surface area contributed by atoms with E-state index in [0.717, 1.165) is 43.1 Å². The van der Waals surface area contributed by atoms with Gasteiger partial charge in [0.25, 0.3) is 0 Å². The van der Waals surface area contributed by atoms with Crippen LogP contribution in [0.3, 0.4) is 0 Å². The van der Waals surface area contributed by atoms with Crippen molar-refractivity contribution in [1.29, 1.82) is 0 Å². The third-order valence-corrected chi connectivity index (χ3v) is 8.02. The Bertz CT molecular complexity index is 880. The number of carbonyl (C=O) groups is 1. The van der Waals surface area contributed by atoms with Crippen LogP contribution in [0.2, 0.25) is 0 Å². The molecular formula is C17H22N4O3S. The molecule has 1 aromatic carbocycles. The first-order chi connectivity index (χ1) is 12.1. The van der Waals surface area contributed by atoms with E-state index >= 15 is 0 Å². The van der Waals surface area contributed by atoms with Crippen LogP contribution in [-0.2, 0) is 21.2 Å². The third-order valence-electron chi connectivity index (χ3n) is 5.39. The minimum absolute atomic E-state index is 0.0940. The first-order valence-corrected chi connectivity index (χ1v) is 10.5. The van der Waals surface area contributed by atoms with Gasteiger partial charge in [0.2, 0.25) is 5.91 Å². The fourth-order valence-corrected chi connectivity index (χ4v) is 6.09. The van der Waals surface area contributed by atoms with Crippen molar-refractivity contribution in [2.45, 2.75) is 49.1 Å². The van der Waals surface area contributed by atoms with Crippen molar-refractivity contribution in [3.63, 3.8) is 0 Å². The summed E-state index contributed by atoms with van der Waals surface area (Å²) in [5, 5.41) is 7.45. The lowest BCUT2D eigenvalue weighted by molar-refractivity contribution is -0.135. The molecular weight excluding hydrogens is 340 g/mol. The van der Waals surface area contributed by atoms with Crippen molar-refractivity contribution in [2.24, 2.45) is 0 Å². The van der Waals surface area contributed by atoms with E-state index in [0.29, 0.717) is 13.1 Å². The largest absolute Gasteiger partial charge is 0.338 e. The zero-order valence-electron chi connectivity index (χ0n) is 14.0. The molecule has 25 heavy (non-hydrogen) atoms. The number of fused-ring (bicyclic) bond motifs is 1. The summed E-state index contributed by atoms with van der Waals surface area (Å²) < 4.78 is 26.9. The third kappa shape index (κ3) is 3.03. The van der Waals surface area contributed by atoms with Crippen molar-refractivity contribution in [3.8, 4) is 0 Å². The lowest BCUT2D eigenvalue weighted by Gasteiger charge is -2.40. The molecule has 7 nitrogen and oxygen atoms in total. The maximum atomic E-state index is 12.7. The molecule has 2 fully saturated rings. The second kappa shape index (κ2) is 6.40. The van der Waals surface area contributed by atoms with Gasteiger partial charge in [-0.15, -0.1) is 5.10 Å². The standard InChI is InChI=1S/C17H22N4O3S/c22-17(12-21-16-9-5-4-8-15(16)18-19-21)20-10-14(11-20)25(23,24)13-6-2-1-3-7-13/h4-5,8-9,13-14H,1-3,6-7,10-12H2. The molecule has 0 bridgehead atoms. The summed E-state index contributed by atoms with van der Waals surface area (Å²) in [6, 6.07) is 7.47. The fourth-order valence-electron chi connectivity index (χ4n) is 3.78. The minimum atomic E-state index is -3.12. The summed E-state index contributed by atoms with van der Waals surface area (Å²) in [5.74, 6) is -0.106. The van der Waals surface area contributed by atoms with Crippen LogP contribution in [0.5, 0.6) is 0 Å². The van der Waals surface area contributed by atoms with E-state index in [1.165, 1.54) is 0 Å². The van der Waals surface area contributed by atoms with E-state index in [4.69, 9.17) is 0 Å². The van der Waals surface area contributed by atoms with Gasteiger partial charge in [0, 0.05) is 13.1 Å². The molecule has 0 N–H and O–H groups in total. The zero-order valence-corrected chi connectivity index (χ0v) is 14.9. The number of sulfone groups is 1. The summed E-state index contributed by atoms with van der Waals surface area (Å²) in [4.78, 5) is 14.0. The van der Waals surface area contributed by atoms with E-state index in [9.17, 15) is 13.2 Å². The molecule has 8 heteroatoms. The average molecular weight is 362 g/mol. The quantitative estimate of drug-likeness (QED) is 0.820. The Morgan fingerprint density at radius 1 is 1.08 bits per heavy atom. The average Bonchev–Trinajstić information content (AvgIpc) is 2.97. The molecule has 1 amide bonds. The first kappa shape index (κ1) is 16.5. The molecule has 1 saturated heterocycles. The molecule has 0 spiro atoms. The molecule has 1 saturated carbocycles. The van der Waals surface area contributed by atoms with Gasteiger partial charge in [-0.3, -0.25) is 4.79 Å². The number of rotatable bonds is 4. The first-order valence-electron chi connectivity index (χ1n) is 8.84. The van der Waals surface area contributed by atoms with E-state index in [1.807, 2.05) is 24.3 Å². The van der Waals surface area contributed by atoms with Gasteiger partial charge in [0.05, 0.1) is 16.0 Å². The van der Waals surface area contributed by atoms with Gasteiger partial charge >= 0.3 is 0 Å². The highest BCUT2D eigenvalue weighted by Crippen LogP contribution is 2.29. The molecule has 1 aromatic heterocycles. The van der Waals surface area contributed by atoms with Crippen molar-refractivity contribution < 1.29 is 13.2 Å². The Morgan fingerprint density at radius 3 is 2.56 bits per heavy atom. The Morgan fingerprint density at radius 2 is 1.80 bits per heavy atom. The number of amides is 1. The number of likely N-dealkylation sites (tertiary alicyclic amines) is 1. The number of hydrogen-bond donors (Lipinski definition) is 0. The molecule has 1 aliphatic heterocycles. The van der Waals surface area contributed by atoms with Crippen molar-refractivity contribution in [1.82, 2.24) is 19.9 Å². The van der Waals surface area contributed by atoms with E-state index < -0.39 is 15.1 Å². The van der Waals surface area contributed by atoms with Crippen LogP contribution < -0.4 is 0 Å². The Kier molecular flexibility index (Phi) is 4.23. The summed E-state index contributed by atoms with van der Waals surface area (Å²) >= 11 is 0. The fraction of sp³-hybridized carbons (Fsp3) is 0.588. The van der Waals surface area contributed by atoms with Crippen LogP contribution in [0.25, 0.3) is 11.0 Å². The predicted molar refractivity (Wildman–Crippen MR) is 93.7 cm³/mol. The Hall–Kier alpha value is -1.96. The van der Waals surface area contributed by atoms with Gasteiger partial charge < -0.3 is 4.90 Å². The van der Waals surface area contributed by atoms with Crippen molar-refractivity contribution >= 4 is 26.8 Å². The van der Waals surface area contributed by atoms with Crippen molar-refractivity contribution in [2.75, 3.05) is 13.1 Å². The highest BCUT2D eigenvalue weighted by Gasteiger charge is 2.43. The highest BCUT2D eigenvalue weighted by atomic mass is 32.2. The summed E-state index contributed by atoms with van der Waals surface area (Å²) in [6.07, 6.45) is 4.68. The molecule has 0 atom stereocenters. The molecule has 2 aliphatic rings. The van der Waals surface area contributed by atoms with Crippen LogP contribution >= 0.6 is 0 Å². The number of aromatic nitrogens is 3. The van der Waals surface area contributed by atoms with Gasteiger partial charge in [-0.05, 0) is 25.0 Å². The number of para-hydroxylation sites is 1.